The van der Waals surface area contributed by atoms with E-state index >= 15 is 0 Å². The number of aliphatic hydroxyl groups excluding tert-OH is 1. The van der Waals surface area contributed by atoms with Crippen LogP contribution >= 0.6 is 0 Å². The summed E-state index contributed by atoms with van der Waals surface area (Å²) in [5.41, 5.74) is -0.797. The van der Waals surface area contributed by atoms with Crippen LogP contribution in [-0.2, 0) is 0 Å². The molecule has 6 nitrogen and oxygen atoms in total. The van der Waals surface area contributed by atoms with Gasteiger partial charge in [0.25, 0.3) is 0 Å². The number of ether oxygens (including phenoxy) is 1. The lowest BCUT2D eigenvalue weighted by molar-refractivity contribution is 0.0651. The molecule has 0 bridgehead atoms. The standard InChI is InChI=1S/C12H13FO6/c13-7(3-4-14)6-19-8-1-2-9(11(15)16)10(5-8)12(17)18/h1-2,5,7,14H,3-4,6H2,(H,15,16)(H,17,18). The molecule has 0 saturated heterocycles. The van der Waals surface area contributed by atoms with Crippen LogP contribution in [0.5, 0.6) is 5.75 Å². The van der Waals surface area contributed by atoms with Gasteiger partial charge in [-0.15, -0.1) is 0 Å². The molecule has 1 aromatic carbocycles. The zero-order valence-electron chi connectivity index (χ0n) is 9.88. The summed E-state index contributed by atoms with van der Waals surface area (Å²) < 4.78 is 18.1. The summed E-state index contributed by atoms with van der Waals surface area (Å²) in [6.07, 6.45) is -1.46. The summed E-state index contributed by atoms with van der Waals surface area (Å²) >= 11 is 0. The monoisotopic (exact) mass is 272 g/mol. The summed E-state index contributed by atoms with van der Waals surface area (Å²) in [5, 5.41) is 26.2. The fourth-order valence-corrected chi connectivity index (χ4v) is 1.39. The third-order valence-electron chi connectivity index (χ3n) is 2.33. The molecule has 7 heteroatoms. The molecule has 1 aromatic rings. The number of carboxylic acids is 2. The van der Waals surface area contributed by atoms with Crippen molar-refractivity contribution in [3.8, 4) is 5.75 Å². The largest absolute Gasteiger partial charge is 0.491 e. The SMILES string of the molecule is O=C(O)c1ccc(OCC(F)CCO)cc1C(=O)O. The summed E-state index contributed by atoms with van der Waals surface area (Å²) in [6, 6.07) is 3.36. The van der Waals surface area contributed by atoms with E-state index in [4.69, 9.17) is 20.1 Å². The van der Waals surface area contributed by atoms with Crippen molar-refractivity contribution in [1.29, 1.82) is 0 Å². The zero-order valence-corrected chi connectivity index (χ0v) is 9.88. The van der Waals surface area contributed by atoms with Crippen LogP contribution in [-0.4, -0.2) is 46.6 Å². The highest BCUT2D eigenvalue weighted by Crippen LogP contribution is 2.19. The second-order valence-corrected chi connectivity index (χ2v) is 3.74. The van der Waals surface area contributed by atoms with E-state index in [1.165, 1.54) is 6.07 Å². The Kier molecular flexibility index (Phi) is 5.25. The first-order chi connectivity index (χ1) is 8.95. The Morgan fingerprint density at radius 3 is 2.37 bits per heavy atom. The van der Waals surface area contributed by atoms with E-state index in [9.17, 15) is 14.0 Å². The number of carboxylic acid groups (broad SMARTS) is 2. The maximum atomic E-state index is 13.1. The molecule has 1 atom stereocenters. The van der Waals surface area contributed by atoms with Crippen molar-refractivity contribution < 1.29 is 34.0 Å². The van der Waals surface area contributed by atoms with Crippen LogP contribution in [0.3, 0.4) is 0 Å². The van der Waals surface area contributed by atoms with Crippen LogP contribution in [0, 0.1) is 0 Å². The van der Waals surface area contributed by atoms with Gasteiger partial charge in [-0.05, 0) is 18.2 Å². The zero-order chi connectivity index (χ0) is 14.4. The molecule has 0 spiro atoms. The number of benzene rings is 1. The maximum Gasteiger partial charge on any atom is 0.336 e. The number of hydrogen-bond acceptors (Lipinski definition) is 4. The number of aliphatic hydroxyl groups is 1. The number of rotatable bonds is 7. The van der Waals surface area contributed by atoms with Gasteiger partial charge in [0.15, 0.2) is 0 Å². The van der Waals surface area contributed by atoms with Gasteiger partial charge in [0.05, 0.1) is 11.1 Å². The number of carbonyl (C=O) groups is 2. The normalized spacial score (nSPS) is 11.9. The smallest absolute Gasteiger partial charge is 0.336 e. The van der Waals surface area contributed by atoms with Crippen LogP contribution in [0.1, 0.15) is 27.1 Å². The van der Waals surface area contributed by atoms with Gasteiger partial charge in [0, 0.05) is 13.0 Å². The van der Waals surface area contributed by atoms with E-state index in [2.05, 4.69) is 0 Å². The molecule has 0 aliphatic carbocycles. The van der Waals surface area contributed by atoms with Crippen LogP contribution < -0.4 is 4.74 Å². The topological polar surface area (TPSA) is 104 Å². The van der Waals surface area contributed by atoms with Crippen LogP contribution in [0.15, 0.2) is 18.2 Å². The summed E-state index contributed by atoms with van der Waals surface area (Å²) in [4.78, 5) is 21.7. The number of hydrogen-bond donors (Lipinski definition) is 3. The van der Waals surface area contributed by atoms with Gasteiger partial charge >= 0.3 is 11.9 Å². The minimum absolute atomic E-state index is 0.0583. The first-order valence-corrected chi connectivity index (χ1v) is 5.44. The molecule has 0 aliphatic heterocycles. The highest BCUT2D eigenvalue weighted by Gasteiger charge is 2.17. The van der Waals surface area contributed by atoms with Crippen molar-refractivity contribution in [3.63, 3.8) is 0 Å². The van der Waals surface area contributed by atoms with Crippen molar-refractivity contribution in [3.05, 3.63) is 29.3 Å². The van der Waals surface area contributed by atoms with Crippen LogP contribution in [0.4, 0.5) is 4.39 Å². The van der Waals surface area contributed by atoms with Crippen LogP contribution in [0.25, 0.3) is 0 Å². The molecule has 1 rings (SSSR count). The van der Waals surface area contributed by atoms with Gasteiger partial charge < -0.3 is 20.1 Å². The molecule has 0 heterocycles. The summed E-state index contributed by atoms with van der Waals surface area (Å²) in [6.45, 7) is -0.658. The van der Waals surface area contributed by atoms with E-state index < -0.39 is 23.7 Å². The van der Waals surface area contributed by atoms with Gasteiger partial charge in [-0.2, -0.15) is 0 Å². The van der Waals surface area contributed by atoms with Crippen molar-refractivity contribution in [2.24, 2.45) is 0 Å². The van der Waals surface area contributed by atoms with Crippen LogP contribution in [0.2, 0.25) is 0 Å². The number of alkyl halides is 1. The van der Waals surface area contributed by atoms with Crippen molar-refractivity contribution in [2.45, 2.75) is 12.6 Å². The Morgan fingerprint density at radius 1 is 1.21 bits per heavy atom. The number of halogens is 1. The van der Waals surface area contributed by atoms with E-state index in [1.807, 2.05) is 0 Å². The van der Waals surface area contributed by atoms with Crippen molar-refractivity contribution in [1.82, 2.24) is 0 Å². The Hall–Kier alpha value is -2.15. The minimum atomic E-state index is -1.41. The van der Waals surface area contributed by atoms with E-state index in [0.717, 1.165) is 12.1 Å². The highest BCUT2D eigenvalue weighted by atomic mass is 19.1. The minimum Gasteiger partial charge on any atom is -0.491 e. The van der Waals surface area contributed by atoms with Crippen molar-refractivity contribution in [2.75, 3.05) is 13.2 Å². The lowest BCUT2D eigenvalue weighted by Gasteiger charge is -2.10. The van der Waals surface area contributed by atoms with E-state index in [0.29, 0.717) is 0 Å². The molecule has 0 saturated carbocycles. The fourth-order valence-electron chi connectivity index (χ4n) is 1.39. The molecule has 1 unspecified atom stereocenters. The molecular formula is C12H13FO6. The van der Waals surface area contributed by atoms with E-state index in [1.54, 1.807) is 0 Å². The molecular weight excluding hydrogens is 259 g/mol. The molecule has 0 radical (unpaired) electrons. The van der Waals surface area contributed by atoms with Gasteiger partial charge in [-0.3, -0.25) is 0 Å². The lowest BCUT2D eigenvalue weighted by atomic mass is 10.1. The second-order valence-electron chi connectivity index (χ2n) is 3.74. The Balaban J connectivity index is 2.84. The Labute approximate surface area is 108 Å². The van der Waals surface area contributed by atoms with Gasteiger partial charge in [-0.25, -0.2) is 14.0 Å². The van der Waals surface area contributed by atoms with E-state index in [-0.39, 0.29) is 30.9 Å². The molecule has 3 N–H and O–H groups in total. The van der Waals surface area contributed by atoms with Crippen molar-refractivity contribution >= 4 is 11.9 Å². The molecule has 0 amide bonds. The third-order valence-corrected chi connectivity index (χ3v) is 2.33. The van der Waals surface area contributed by atoms with Gasteiger partial charge in [0.1, 0.15) is 18.5 Å². The van der Waals surface area contributed by atoms with Gasteiger partial charge in [0.2, 0.25) is 0 Å². The molecule has 0 aromatic heterocycles. The Morgan fingerprint density at radius 2 is 1.84 bits per heavy atom. The maximum absolute atomic E-state index is 13.1. The predicted octanol–water partition coefficient (Wildman–Crippen LogP) is 1.18. The molecule has 0 aliphatic rings. The average Bonchev–Trinajstić information content (AvgIpc) is 2.36. The first kappa shape index (κ1) is 14.9. The Bertz CT molecular complexity index is 473. The summed E-state index contributed by atoms with van der Waals surface area (Å²) in [5.74, 6) is -2.72. The predicted molar refractivity (Wildman–Crippen MR) is 62.5 cm³/mol. The molecule has 0 fully saturated rings. The summed E-state index contributed by atoms with van der Waals surface area (Å²) in [7, 11) is 0. The molecule has 104 valence electrons. The molecule has 19 heavy (non-hydrogen) atoms. The second kappa shape index (κ2) is 6.69. The van der Waals surface area contributed by atoms with Gasteiger partial charge in [-0.1, -0.05) is 0 Å². The average molecular weight is 272 g/mol. The highest BCUT2D eigenvalue weighted by molar-refractivity contribution is 6.01. The quantitative estimate of drug-likeness (QED) is 0.688. The fraction of sp³-hybridized carbons (Fsp3) is 0.333. The third kappa shape index (κ3) is 4.22. The lowest BCUT2D eigenvalue weighted by Crippen LogP contribution is -2.15. The first-order valence-electron chi connectivity index (χ1n) is 5.44. The number of aromatic carboxylic acids is 2.